The van der Waals surface area contributed by atoms with Crippen molar-refractivity contribution in [1.82, 2.24) is 10.2 Å². The zero-order valence-corrected chi connectivity index (χ0v) is 11.1. The number of carbonyl (C=O) groups is 3. The Morgan fingerprint density at radius 3 is 2.58 bits per heavy atom. The van der Waals surface area contributed by atoms with Crippen molar-refractivity contribution in [3.63, 3.8) is 0 Å². The zero-order valence-electron chi connectivity index (χ0n) is 11.1. The molecule has 2 rings (SSSR count). The van der Waals surface area contributed by atoms with Crippen molar-refractivity contribution in [3.05, 3.63) is 0 Å². The fraction of sp³-hybridized carbons (Fsp3) is 0.769. The van der Waals surface area contributed by atoms with E-state index in [2.05, 4.69) is 5.32 Å². The number of carboxylic acids is 1. The molecule has 0 spiro atoms. The summed E-state index contributed by atoms with van der Waals surface area (Å²) in [5.74, 6) is -1.78. The number of nitrogens with zero attached hydrogens (tertiary/aromatic N) is 1. The second kappa shape index (κ2) is 5.59. The SMILES string of the molecule is CC(NC(=O)C1CC(=O)N(C2CCCC2)C1)C(=O)O. The molecule has 6 nitrogen and oxygen atoms in total. The molecule has 2 fully saturated rings. The van der Waals surface area contributed by atoms with Gasteiger partial charge in [0.2, 0.25) is 11.8 Å². The van der Waals surface area contributed by atoms with Gasteiger partial charge in [-0.1, -0.05) is 12.8 Å². The second-order valence-corrected chi connectivity index (χ2v) is 5.45. The maximum absolute atomic E-state index is 11.9. The predicted octanol–water partition coefficient (Wildman–Crippen LogP) is 0.367. The summed E-state index contributed by atoms with van der Waals surface area (Å²) in [6, 6.07) is -0.634. The van der Waals surface area contributed by atoms with Gasteiger partial charge in [-0.15, -0.1) is 0 Å². The van der Waals surface area contributed by atoms with Crippen LogP contribution in [0.5, 0.6) is 0 Å². The summed E-state index contributed by atoms with van der Waals surface area (Å²) in [6.45, 7) is 1.85. The van der Waals surface area contributed by atoms with E-state index in [9.17, 15) is 14.4 Å². The molecule has 19 heavy (non-hydrogen) atoms. The van der Waals surface area contributed by atoms with Gasteiger partial charge >= 0.3 is 5.97 Å². The molecule has 2 aliphatic rings. The lowest BCUT2D eigenvalue weighted by Gasteiger charge is -2.24. The van der Waals surface area contributed by atoms with Crippen LogP contribution in [-0.4, -0.2) is 46.4 Å². The van der Waals surface area contributed by atoms with E-state index in [0.29, 0.717) is 6.54 Å². The van der Waals surface area contributed by atoms with E-state index in [-0.39, 0.29) is 24.3 Å². The molecule has 0 bridgehead atoms. The Morgan fingerprint density at radius 2 is 2.00 bits per heavy atom. The first-order valence-electron chi connectivity index (χ1n) is 6.81. The molecule has 0 aromatic rings. The van der Waals surface area contributed by atoms with Crippen LogP contribution in [0.15, 0.2) is 0 Å². The highest BCUT2D eigenvalue weighted by Crippen LogP contribution is 2.29. The van der Waals surface area contributed by atoms with Crippen LogP contribution in [0.2, 0.25) is 0 Å². The van der Waals surface area contributed by atoms with Gasteiger partial charge in [0, 0.05) is 19.0 Å². The third-order valence-corrected chi connectivity index (χ3v) is 4.02. The lowest BCUT2D eigenvalue weighted by atomic mass is 10.1. The summed E-state index contributed by atoms with van der Waals surface area (Å²) in [5.41, 5.74) is 0. The summed E-state index contributed by atoms with van der Waals surface area (Å²) < 4.78 is 0. The molecule has 106 valence electrons. The topological polar surface area (TPSA) is 86.7 Å². The van der Waals surface area contributed by atoms with E-state index >= 15 is 0 Å². The van der Waals surface area contributed by atoms with Crippen molar-refractivity contribution in [3.8, 4) is 0 Å². The largest absolute Gasteiger partial charge is 0.480 e. The van der Waals surface area contributed by atoms with Gasteiger partial charge in [-0.2, -0.15) is 0 Å². The first kappa shape index (κ1) is 13.8. The van der Waals surface area contributed by atoms with Crippen LogP contribution in [-0.2, 0) is 14.4 Å². The van der Waals surface area contributed by atoms with E-state index < -0.39 is 17.9 Å². The molecule has 2 atom stereocenters. The van der Waals surface area contributed by atoms with Crippen molar-refractivity contribution < 1.29 is 19.5 Å². The minimum absolute atomic E-state index is 0.0232. The molecule has 1 aliphatic carbocycles. The number of nitrogens with one attached hydrogen (secondary N) is 1. The Labute approximate surface area is 112 Å². The Kier molecular flexibility index (Phi) is 4.07. The van der Waals surface area contributed by atoms with Crippen LogP contribution in [0.1, 0.15) is 39.0 Å². The Bertz CT molecular complexity index is 390. The van der Waals surface area contributed by atoms with Gasteiger partial charge < -0.3 is 15.3 Å². The van der Waals surface area contributed by atoms with E-state index in [1.165, 1.54) is 6.92 Å². The minimum atomic E-state index is -1.06. The van der Waals surface area contributed by atoms with Crippen LogP contribution in [0.4, 0.5) is 0 Å². The van der Waals surface area contributed by atoms with Crippen LogP contribution in [0.3, 0.4) is 0 Å². The van der Waals surface area contributed by atoms with Crippen molar-refractivity contribution in [2.75, 3.05) is 6.54 Å². The normalized spacial score (nSPS) is 25.6. The monoisotopic (exact) mass is 268 g/mol. The molecule has 1 aliphatic heterocycles. The van der Waals surface area contributed by atoms with Crippen molar-refractivity contribution in [1.29, 1.82) is 0 Å². The average molecular weight is 268 g/mol. The third-order valence-electron chi connectivity index (χ3n) is 4.02. The average Bonchev–Trinajstić information content (AvgIpc) is 2.97. The number of amides is 2. The van der Waals surface area contributed by atoms with Crippen molar-refractivity contribution >= 4 is 17.8 Å². The first-order valence-corrected chi connectivity index (χ1v) is 6.81. The zero-order chi connectivity index (χ0) is 14.0. The molecule has 0 aromatic carbocycles. The third kappa shape index (κ3) is 3.05. The van der Waals surface area contributed by atoms with Crippen LogP contribution in [0, 0.1) is 5.92 Å². The number of rotatable bonds is 4. The maximum Gasteiger partial charge on any atom is 0.325 e. The van der Waals surface area contributed by atoms with Crippen LogP contribution >= 0.6 is 0 Å². The number of hydrogen-bond donors (Lipinski definition) is 2. The van der Waals surface area contributed by atoms with Crippen molar-refractivity contribution in [2.45, 2.75) is 51.1 Å². The van der Waals surface area contributed by atoms with E-state index in [4.69, 9.17) is 5.11 Å². The molecular formula is C13H20N2O4. The van der Waals surface area contributed by atoms with Gasteiger partial charge in [-0.25, -0.2) is 0 Å². The Hall–Kier alpha value is -1.59. The van der Waals surface area contributed by atoms with Gasteiger partial charge in [0.15, 0.2) is 0 Å². The van der Waals surface area contributed by atoms with Crippen LogP contribution in [0.25, 0.3) is 0 Å². The highest BCUT2D eigenvalue weighted by Gasteiger charge is 2.39. The second-order valence-electron chi connectivity index (χ2n) is 5.45. The Balaban J connectivity index is 1.91. The standard InChI is InChI=1S/C13H20N2O4/c1-8(13(18)19)14-12(17)9-6-11(16)15(7-9)10-4-2-3-5-10/h8-10H,2-7H2,1H3,(H,14,17)(H,18,19). The maximum atomic E-state index is 11.9. The quantitative estimate of drug-likeness (QED) is 0.771. The molecule has 0 radical (unpaired) electrons. The highest BCUT2D eigenvalue weighted by molar-refractivity contribution is 5.91. The van der Waals surface area contributed by atoms with Gasteiger partial charge in [-0.05, 0) is 19.8 Å². The summed E-state index contributed by atoms with van der Waals surface area (Å²) in [5, 5.41) is 11.2. The fourth-order valence-electron chi connectivity index (χ4n) is 2.87. The summed E-state index contributed by atoms with van der Waals surface area (Å²) in [4.78, 5) is 36.3. The van der Waals surface area contributed by atoms with E-state index in [1.54, 1.807) is 0 Å². The molecule has 1 saturated heterocycles. The molecule has 6 heteroatoms. The van der Waals surface area contributed by atoms with Gasteiger partial charge in [0.25, 0.3) is 0 Å². The first-order chi connectivity index (χ1) is 8.99. The van der Waals surface area contributed by atoms with E-state index in [1.807, 2.05) is 4.90 Å². The minimum Gasteiger partial charge on any atom is -0.480 e. The predicted molar refractivity (Wildman–Crippen MR) is 67.3 cm³/mol. The molecular weight excluding hydrogens is 248 g/mol. The lowest BCUT2D eigenvalue weighted by Crippen LogP contribution is -2.43. The van der Waals surface area contributed by atoms with Crippen molar-refractivity contribution in [2.24, 2.45) is 5.92 Å². The smallest absolute Gasteiger partial charge is 0.325 e. The number of hydrogen-bond acceptors (Lipinski definition) is 3. The fourth-order valence-corrected chi connectivity index (χ4v) is 2.87. The number of carboxylic acid groups (broad SMARTS) is 1. The summed E-state index contributed by atoms with van der Waals surface area (Å²) in [6.07, 6.45) is 4.52. The number of likely N-dealkylation sites (tertiary alicyclic amines) is 1. The van der Waals surface area contributed by atoms with E-state index in [0.717, 1.165) is 25.7 Å². The molecule has 0 aromatic heterocycles. The molecule has 2 unspecified atom stereocenters. The molecule has 1 saturated carbocycles. The molecule has 2 amide bonds. The van der Waals surface area contributed by atoms with Gasteiger partial charge in [-0.3, -0.25) is 14.4 Å². The number of carbonyl (C=O) groups excluding carboxylic acids is 2. The number of aliphatic carboxylic acids is 1. The Morgan fingerprint density at radius 1 is 1.37 bits per heavy atom. The summed E-state index contributed by atoms with van der Waals surface area (Å²) in [7, 11) is 0. The van der Waals surface area contributed by atoms with Gasteiger partial charge in [0.05, 0.1) is 5.92 Å². The highest BCUT2D eigenvalue weighted by atomic mass is 16.4. The van der Waals surface area contributed by atoms with Crippen LogP contribution < -0.4 is 5.32 Å². The molecule has 2 N–H and O–H groups in total. The van der Waals surface area contributed by atoms with Gasteiger partial charge in [0.1, 0.15) is 6.04 Å². The lowest BCUT2D eigenvalue weighted by molar-refractivity contribution is -0.141. The molecule has 1 heterocycles. The summed E-state index contributed by atoms with van der Waals surface area (Å²) >= 11 is 0.